The molecule has 0 aliphatic rings. The number of ether oxygens (including phenoxy) is 1. The molecule has 0 spiro atoms. The van der Waals surface area contributed by atoms with Crippen LogP contribution in [0.2, 0.25) is 0 Å². The van der Waals surface area contributed by atoms with Gasteiger partial charge in [0.1, 0.15) is 0 Å². The second-order valence-electron chi connectivity index (χ2n) is 4.38. The van der Waals surface area contributed by atoms with Crippen molar-refractivity contribution in [3.63, 3.8) is 0 Å². The third kappa shape index (κ3) is 5.19. The number of carboxylic acids is 1. The predicted molar refractivity (Wildman–Crippen MR) is 55.3 cm³/mol. The summed E-state index contributed by atoms with van der Waals surface area (Å²) in [6.45, 7) is 7.44. The fourth-order valence-corrected chi connectivity index (χ4v) is 1.05. The van der Waals surface area contributed by atoms with Crippen LogP contribution in [0.5, 0.6) is 0 Å². The highest BCUT2D eigenvalue weighted by atomic mass is 16.5. The van der Waals surface area contributed by atoms with Gasteiger partial charge in [0.2, 0.25) is 0 Å². The first kappa shape index (κ1) is 13.4. The van der Waals surface area contributed by atoms with Crippen LogP contribution in [-0.4, -0.2) is 37.9 Å². The van der Waals surface area contributed by atoms with Crippen molar-refractivity contribution >= 4 is 5.97 Å². The molecule has 0 rings (SSSR count). The van der Waals surface area contributed by atoms with Crippen molar-refractivity contribution in [2.45, 2.75) is 20.8 Å². The zero-order valence-electron chi connectivity index (χ0n) is 9.46. The van der Waals surface area contributed by atoms with E-state index in [0.717, 1.165) is 6.54 Å². The van der Waals surface area contributed by atoms with Gasteiger partial charge in [-0.05, 0) is 26.3 Å². The summed E-state index contributed by atoms with van der Waals surface area (Å²) in [7, 11) is 1.66. The van der Waals surface area contributed by atoms with Crippen LogP contribution in [0.3, 0.4) is 0 Å². The van der Waals surface area contributed by atoms with E-state index in [1.807, 2.05) is 0 Å². The molecule has 0 fully saturated rings. The molecule has 2 N–H and O–H groups in total. The maximum absolute atomic E-state index is 10.8. The van der Waals surface area contributed by atoms with Gasteiger partial charge < -0.3 is 15.2 Å². The van der Waals surface area contributed by atoms with E-state index >= 15 is 0 Å². The van der Waals surface area contributed by atoms with Gasteiger partial charge >= 0.3 is 5.97 Å². The molecule has 0 amide bonds. The average Bonchev–Trinajstić information content (AvgIpc) is 2.04. The highest BCUT2D eigenvalue weighted by Gasteiger charge is 2.26. The lowest BCUT2D eigenvalue weighted by molar-refractivity contribution is -0.146. The molecule has 0 bridgehead atoms. The Labute approximate surface area is 85.6 Å². The fraction of sp³-hybridized carbons (Fsp3) is 0.900. The number of rotatable bonds is 7. The van der Waals surface area contributed by atoms with E-state index in [9.17, 15) is 4.79 Å². The third-order valence-electron chi connectivity index (χ3n) is 2.09. The van der Waals surface area contributed by atoms with Crippen LogP contribution in [0, 0.1) is 11.3 Å². The zero-order valence-corrected chi connectivity index (χ0v) is 9.46. The summed E-state index contributed by atoms with van der Waals surface area (Å²) in [6, 6.07) is 0. The molecule has 0 aromatic heterocycles. The molecule has 0 saturated carbocycles. The summed E-state index contributed by atoms with van der Waals surface area (Å²) in [6.07, 6.45) is 0. The van der Waals surface area contributed by atoms with Crippen molar-refractivity contribution in [3.05, 3.63) is 0 Å². The molecule has 0 aliphatic heterocycles. The number of hydrogen-bond donors (Lipinski definition) is 2. The molecule has 4 heteroatoms. The third-order valence-corrected chi connectivity index (χ3v) is 2.09. The molecule has 0 radical (unpaired) electrons. The molecule has 1 atom stereocenters. The van der Waals surface area contributed by atoms with Crippen LogP contribution in [0.25, 0.3) is 0 Å². The number of hydrogen-bond acceptors (Lipinski definition) is 3. The van der Waals surface area contributed by atoms with Gasteiger partial charge in [0, 0.05) is 20.3 Å². The van der Waals surface area contributed by atoms with Crippen LogP contribution in [-0.2, 0) is 9.53 Å². The standard InChI is InChI=1S/C10H21NO3/c1-8(6-14-4)5-11-7-10(2,3)9(12)13/h8,11H,5-7H2,1-4H3,(H,12,13). The Morgan fingerprint density at radius 1 is 1.57 bits per heavy atom. The second-order valence-corrected chi connectivity index (χ2v) is 4.38. The van der Waals surface area contributed by atoms with E-state index < -0.39 is 11.4 Å². The van der Waals surface area contributed by atoms with Gasteiger partial charge in [-0.2, -0.15) is 0 Å². The Balaban J connectivity index is 3.68. The van der Waals surface area contributed by atoms with Gasteiger partial charge in [0.25, 0.3) is 0 Å². The fourth-order valence-electron chi connectivity index (χ4n) is 1.05. The Kier molecular flexibility index (Phi) is 5.72. The number of methoxy groups -OCH3 is 1. The summed E-state index contributed by atoms with van der Waals surface area (Å²) < 4.78 is 4.98. The van der Waals surface area contributed by atoms with Crippen LogP contribution >= 0.6 is 0 Å². The molecule has 0 aliphatic carbocycles. The largest absolute Gasteiger partial charge is 0.481 e. The highest BCUT2D eigenvalue weighted by Crippen LogP contribution is 2.13. The molecule has 84 valence electrons. The zero-order chi connectivity index (χ0) is 11.2. The minimum absolute atomic E-state index is 0.407. The number of nitrogens with one attached hydrogen (secondary N) is 1. The Hall–Kier alpha value is -0.610. The van der Waals surface area contributed by atoms with Crippen molar-refractivity contribution in [2.75, 3.05) is 26.8 Å². The molecule has 4 nitrogen and oxygen atoms in total. The van der Waals surface area contributed by atoms with Crippen molar-refractivity contribution in [3.8, 4) is 0 Å². The molecule has 0 aromatic rings. The summed E-state index contributed by atoms with van der Waals surface area (Å²) in [4.78, 5) is 10.8. The number of carboxylic acid groups (broad SMARTS) is 1. The van der Waals surface area contributed by atoms with Gasteiger partial charge in [-0.15, -0.1) is 0 Å². The van der Waals surface area contributed by atoms with E-state index in [0.29, 0.717) is 19.1 Å². The molecular weight excluding hydrogens is 182 g/mol. The lowest BCUT2D eigenvalue weighted by Crippen LogP contribution is -2.38. The monoisotopic (exact) mass is 203 g/mol. The van der Waals surface area contributed by atoms with Crippen LogP contribution < -0.4 is 5.32 Å². The molecule has 0 saturated heterocycles. The van der Waals surface area contributed by atoms with Gasteiger partial charge in [0.05, 0.1) is 5.41 Å². The van der Waals surface area contributed by atoms with Crippen molar-refractivity contribution in [1.29, 1.82) is 0 Å². The minimum atomic E-state index is -0.774. The smallest absolute Gasteiger partial charge is 0.310 e. The normalized spacial score (nSPS) is 14.0. The van der Waals surface area contributed by atoms with Gasteiger partial charge in [0.15, 0.2) is 0 Å². The molecule has 14 heavy (non-hydrogen) atoms. The van der Waals surface area contributed by atoms with E-state index in [4.69, 9.17) is 9.84 Å². The maximum Gasteiger partial charge on any atom is 0.310 e. The van der Waals surface area contributed by atoms with Crippen molar-refractivity contribution in [1.82, 2.24) is 5.32 Å². The lowest BCUT2D eigenvalue weighted by atomic mass is 9.94. The first-order valence-electron chi connectivity index (χ1n) is 4.83. The topological polar surface area (TPSA) is 58.6 Å². The number of aliphatic carboxylic acids is 1. The number of carbonyl (C=O) groups is 1. The molecule has 0 heterocycles. The van der Waals surface area contributed by atoms with Crippen molar-refractivity contribution < 1.29 is 14.6 Å². The molecular formula is C10H21NO3. The predicted octanol–water partition coefficient (Wildman–Crippen LogP) is 0.969. The van der Waals surface area contributed by atoms with E-state index in [-0.39, 0.29) is 0 Å². The Morgan fingerprint density at radius 3 is 2.57 bits per heavy atom. The molecule has 1 unspecified atom stereocenters. The highest BCUT2D eigenvalue weighted by molar-refractivity contribution is 5.73. The lowest BCUT2D eigenvalue weighted by Gasteiger charge is -2.21. The minimum Gasteiger partial charge on any atom is -0.481 e. The first-order chi connectivity index (χ1) is 6.40. The van der Waals surface area contributed by atoms with E-state index in [2.05, 4.69) is 12.2 Å². The van der Waals surface area contributed by atoms with Crippen LogP contribution in [0.4, 0.5) is 0 Å². The summed E-state index contributed by atoms with van der Waals surface area (Å²) in [5.74, 6) is -0.367. The average molecular weight is 203 g/mol. The summed E-state index contributed by atoms with van der Waals surface area (Å²) in [5, 5.41) is 12.0. The van der Waals surface area contributed by atoms with Crippen LogP contribution in [0.1, 0.15) is 20.8 Å². The quantitative estimate of drug-likeness (QED) is 0.647. The van der Waals surface area contributed by atoms with Crippen LogP contribution in [0.15, 0.2) is 0 Å². The summed E-state index contributed by atoms with van der Waals surface area (Å²) >= 11 is 0. The summed E-state index contributed by atoms with van der Waals surface area (Å²) in [5.41, 5.74) is -0.702. The maximum atomic E-state index is 10.8. The first-order valence-corrected chi connectivity index (χ1v) is 4.83. The van der Waals surface area contributed by atoms with E-state index in [1.54, 1.807) is 21.0 Å². The SMILES string of the molecule is COCC(C)CNCC(C)(C)C(=O)O. The van der Waals surface area contributed by atoms with E-state index in [1.165, 1.54) is 0 Å². The molecule has 0 aromatic carbocycles. The van der Waals surface area contributed by atoms with Gasteiger partial charge in [-0.3, -0.25) is 4.79 Å². The second kappa shape index (κ2) is 5.98. The van der Waals surface area contributed by atoms with Gasteiger partial charge in [-0.25, -0.2) is 0 Å². The Morgan fingerprint density at radius 2 is 2.14 bits per heavy atom. The van der Waals surface area contributed by atoms with Gasteiger partial charge in [-0.1, -0.05) is 6.92 Å². The Bertz CT molecular complexity index is 180. The van der Waals surface area contributed by atoms with Crippen molar-refractivity contribution in [2.24, 2.45) is 11.3 Å².